The van der Waals surface area contributed by atoms with Gasteiger partial charge in [0.15, 0.2) is 0 Å². The molecule has 0 fully saturated rings. The van der Waals surface area contributed by atoms with Crippen molar-refractivity contribution in [3.8, 4) is 0 Å². The first-order chi connectivity index (χ1) is 12.4. The lowest BCUT2D eigenvalue weighted by molar-refractivity contribution is 0.102. The average molecular weight is 367 g/mol. The summed E-state index contributed by atoms with van der Waals surface area (Å²) in [5, 5.41) is 6.66. The van der Waals surface area contributed by atoms with Crippen LogP contribution in [0.1, 0.15) is 27.2 Å². The molecule has 0 unspecified atom stereocenters. The summed E-state index contributed by atoms with van der Waals surface area (Å²) in [6.45, 7) is 5.83. The Morgan fingerprint density at radius 3 is 2.65 bits per heavy atom. The molecule has 3 rings (SSSR count). The summed E-state index contributed by atoms with van der Waals surface area (Å²) in [4.78, 5) is 21.0. The van der Waals surface area contributed by atoms with Gasteiger partial charge in [-0.3, -0.25) is 4.79 Å². The number of halogens is 1. The number of hydrogen-bond acceptors (Lipinski definition) is 4. The van der Waals surface area contributed by atoms with Gasteiger partial charge in [-0.2, -0.15) is 0 Å². The summed E-state index contributed by atoms with van der Waals surface area (Å²) in [6.07, 6.45) is 1.55. The second-order valence-corrected chi connectivity index (χ2v) is 6.48. The number of rotatable bonds is 4. The summed E-state index contributed by atoms with van der Waals surface area (Å²) >= 11 is 6.13. The van der Waals surface area contributed by atoms with E-state index in [-0.39, 0.29) is 11.6 Å². The molecule has 0 aliphatic carbocycles. The van der Waals surface area contributed by atoms with Gasteiger partial charge in [-0.25, -0.2) is 9.97 Å². The molecular weight excluding hydrogens is 348 g/mol. The Morgan fingerprint density at radius 2 is 1.85 bits per heavy atom. The van der Waals surface area contributed by atoms with Crippen LogP contribution in [0.15, 0.2) is 48.7 Å². The molecule has 1 aromatic heterocycles. The monoisotopic (exact) mass is 366 g/mol. The van der Waals surface area contributed by atoms with E-state index < -0.39 is 0 Å². The zero-order valence-corrected chi connectivity index (χ0v) is 15.6. The van der Waals surface area contributed by atoms with E-state index >= 15 is 0 Å². The summed E-state index contributed by atoms with van der Waals surface area (Å²) in [7, 11) is 0. The Bertz CT molecular complexity index is 972. The first kappa shape index (κ1) is 17.9. The van der Waals surface area contributed by atoms with Gasteiger partial charge in [0.2, 0.25) is 5.95 Å². The molecule has 2 N–H and O–H groups in total. The van der Waals surface area contributed by atoms with E-state index in [2.05, 4.69) is 20.6 Å². The first-order valence-electron chi connectivity index (χ1n) is 8.18. The lowest BCUT2D eigenvalue weighted by atomic mass is 10.1. The van der Waals surface area contributed by atoms with Gasteiger partial charge in [-0.05, 0) is 61.7 Å². The molecule has 0 spiro atoms. The Kier molecular flexibility index (Phi) is 5.19. The van der Waals surface area contributed by atoms with E-state index in [0.29, 0.717) is 11.0 Å². The van der Waals surface area contributed by atoms with Crippen molar-refractivity contribution in [3.63, 3.8) is 0 Å². The van der Waals surface area contributed by atoms with E-state index in [9.17, 15) is 4.79 Å². The molecule has 0 aliphatic heterocycles. The first-order valence-corrected chi connectivity index (χ1v) is 8.55. The van der Waals surface area contributed by atoms with Crippen LogP contribution in [0.2, 0.25) is 5.02 Å². The van der Waals surface area contributed by atoms with Gasteiger partial charge >= 0.3 is 0 Å². The van der Waals surface area contributed by atoms with Crippen LogP contribution in [0.3, 0.4) is 0 Å². The lowest BCUT2D eigenvalue weighted by Crippen LogP contribution is -2.15. The fourth-order valence-electron chi connectivity index (χ4n) is 2.47. The molecule has 3 aromatic rings. The lowest BCUT2D eigenvalue weighted by Gasteiger charge is -2.11. The molecular formula is C20H19ClN4O. The maximum atomic E-state index is 12.6. The minimum Gasteiger partial charge on any atom is -0.324 e. The summed E-state index contributed by atoms with van der Waals surface area (Å²) < 4.78 is 0. The Morgan fingerprint density at radius 1 is 1.04 bits per heavy atom. The summed E-state index contributed by atoms with van der Waals surface area (Å²) in [5.41, 5.74) is 4.81. The van der Waals surface area contributed by atoms with Crippen molar-refractivity contribution in [2.45, 2.75) is 20.8 Å². The molecule has 1 heterocycles. The van der Waals surface area contributed by atoms with Crippen LogP contribution in [-0.2, 0) is 0 Å². The highest BCUT2D eigenvalue weighted by Gasteiger charge is 2.12. The molecule has 0 saturated heterocycles. The van der Waals surface area contributed by atoms with Crippen LogP contribution in [0.4, 0.5) is 17.3 Å². The van der Waals surface area contributed by atoms with Crippen LogP contribution in [-0.4, -0.2) is 15.9 Å². The van der Waals surface area contributed by atoms with Crippen LogP contribution in [0.5, 0.6) is 0 Å². The quantitative estimate of drug-likeness (QED) is 0.678. The molecule has 0 radical (unpaired) electrons. The normalized spacial score (nSPS) is 10.5. The molecule has 1 amide bonds. The molecule has 5 nitrogen and oxygen atoms in total. The third-order valence-corrected chi connectivity index (χ3v) is 4.45. The fourth-order valence-corrected chi connectivity index (χ4v) is 2.64. The SMILES string of the molecule is Cc1ccc(C)c(NC(=O)c2ccnc(Nc3cccc(Cl)c3C)n2)c1. The highest BCUT2D eigenvalue weighted by Crippen LogP contribution is 2.25. The number of nitrogens with zero attached hydrogens (tertiary/aromatic N) is 2. The number of nitrogens with one attached hydrogen (secondary N) is 2. The Hall–Kier alpha value is -2.92. The van der Waals surface area contributed by atoms with E-state index in [1.165, 1.54) is 0 Å². The van der Waals surface area contributed by atoms with Crippen LogP contribution in [0.25, 0.3) is 0 Å². The third-order valence-electron chi connectivity index (χ3n) is 4.04. The zero-order valence-electron chi connectivity index (χ0n) is 14.8. The van der Waals surface area contributed by atoms with Crippen molar-refractivity contribution < 1.29 is 4.79 Å². The van der Waals surface area contributed by atoms with Crippen molar-refractivity contribution in [2.24, 2.45) is 0 Å². The van der Waals surface area contributed by atoms with E-state index in [1.54, 1.807) is 12.3 Å². The van der Waals surface area contributed by atoms with E-state index in [4.69, 9.17) is 11.6 Å². The number of carbonyl (C=O) groups excluding carboxylic acids is 1. The number of aromatic nitrogens is 2. The molecule has 6 heteroatoms. The van der Waals surface area contributed by atoms with Gasteiger partial charge in [0.05, 0.1) is 0 Å². The van der Waals surface area contributed by atoms with Gasteiger partial charge in [0, 0.05) is 22.6 Å². The topological polar surface area (TPSA) is 66.9 Å². The number of hydrogen-bond donors (Lipinski definition) is 2. The maximum Gasteiger partial charge on any atom is 0.274 e. The second-order valence-electron chi connectivity index (χ2n) is 6.08. The van der Waals surface area contributed by atoms with Gasteiger partial charge in [-0.15, -0.1) is 0 Å². The number of benzene rings is 2. The van der Waals surface area contributed by atoms with Crippen molar-refractivity contribution in [3.05, 3.63) is 76.1 Å². The van der Waals surface area contributed by atoms with Crippen molar-refractivity contribution in [1.82, 2.24) is 9.97 Å². The van der Waals surface area contributed by atoms with Crippen LogP contribution < -0.4 is 10.6 Å². The molecule has 0 aliphatic rings. The van der Waals surface area contributed by atoms with Crippen molar-refractivity contribution in [1.29, 1.82) is 0 Å². The maximum absolute atomic E-state index is 12.6. The second kappa shape index (κ2) is 7.54. The van der Waals surface area contributed by atoms with E-state index in [1.807, 2.05) is 57.2 Å². The molecule has 0 atom stereocenters. The predicted molar refractivity (Wildman–Crippen MR) is 105 cm³/mol. The van der Waals surface area contributed by atoms with Crippen molar-refractivity contribution >= 4 is 34.8 Å². The fraction of sp³-hybridized carbons (Fsp3) is 0.150. The minimum absolute atomic E-state index is 0.281. The minimum atomic E-state index is -0.285. The van der Waals surface area contributed by atoms with Crippen molar-refractivity contribution in [2.75, 3.05) is 10.6 Å². The summed E-state index contributed by atoms with van der Waals surface area (Å²) in [5.74, 6) is 0.0518. The van der Waals surface area contributed by atoms with Crippen LogP contribution >= 0.6 is 11.6 Å². The predicted octanol–water partition coefficient (Wildman–Crippen LogP) is 5.05. The smallest absolute Gasteiger partial charge is 0.274 e. The van der Waals surface area contributed by atoms with Crippen LogP contribution in [0, 0.1) is 20.8 Å². The molecule has 0 saturated carbocycles. The van der Waals surface area contributed by atoms with Gasteiger partial charge < -0.3 is 10.6 Å². The summed E-state index contributed by atoms with van der Waals surface area (Å²) in [6, 6.07) is 13.0. The highest BCUT2D eigenvalue weighted by atomic mass is 35.5. The Labute approximate surface area is 157 Å². The largest absolute Gasteiger partial charge is 0.324 e. The molecule has 26 heavy (non-hydrogen) atoms. The zero-order chi connectivity index (χ0) is 18.7. The standard InChI is InChI=1S/C20H19ClN4O/c1-12-7-8-13(2)18(11-12)23-19(26)17-9-10-22-20(25-17)24-16-6-4-5-15(21)14(16)3/h4-11H,1-3H3,(H,23,26)(H,22,24,25). The van der Waals surface area contributed by atoms with Gasteiger partial charge in [-0.1, -0.05) is 29.8 Å². The number of aryl methyl sites for hydroxylation is 2. The molecule has 0 bridgehead atoms. The van der Waals surface area contributed by atoms with Gasteiger partial charge in [0.25, 0.3) is 5.91 Å². The number of carbonyl (C=O) groups is 1. The number of amides is 1. The number of anilines is 3. The molecule has 132 valence electrons. The Balaban J connectivity index is 1.81. The highest BCUT2D eigenvalue weighted by molar-refractivity contribution is 6.31. The van der Waals surface area contributed by atoms with Gasteiger partial charge in [0.1, 0.15) is 5.69 Å². The van der Waals surface area contributed by atoms with E-state index in [0.717, 1.165) is 28.1 Å². The average Bonchev–Trinajstić information content (AvgIpc) is 2.62. The third kappa shape index (κ3) is 4.00. The molecule has 2 aromatic carbocycles.